The summed E-state index contributed by atoms with van der Waals surface area (Å²) in [7, 11) is 0. The first-order valence-electron chi connectivity index (χ1n) is 7.92. The fourth-order valence-electron chi connectivity index (χ4n) is 2.68. The number of ether oxygens (including phenoxy) is 1. The molecule has 0 radical (unpaired) electrons. The van der Waals surface area contributed by atoms with Gasteiger partial charge in [0.15, 0.2) is 0 Å². The summed E-state index contributed by atoms with van der Waals surface area (Å²) >= 11 is 0. The second kappa shape index (κ2) is 6.78. The Morgan fingerprint density at radius 1 is 1.29 bits per heavy atom. The molecular formula is C18H20N2O4. The van der Waals surface area contributed by atoms with Gasteiger partial charge in [-0.1, -0.05) is 12.1 Å². The number of amides is 2. The van der Waals surface area contributed by atoms with E-state index in [-0.39, 0.29) is 30.8 Å². The number of nitrogens with one attached hydrogen (secondary N) is 1. The van der Waals surface area contributed by atoms with Crippen molar-refractivity contribution < 1.29 is 18.7 Å². The Bertz CT molecular complexity index is 753. The normalized spacial score (nSPS) is 15.2. The predicted octanol–water partition coefficient (Wildman–Crippen LogP) is 2.58. The molecular weight excluding hydrogens is 308 g/mol. The molecule has 1 aromatic heterocycles. The Morgan fingerprint density at radius 3 is 2.83 bits per heavy atom. The van der Waals surface area contributed by atoms with E-state index >= 15 is 0 Å². The van der Waals surface area contributed by atoms with Crippen molar-refractivity contribution in [3.63, 3.8) is 0 Å². The molecule has 126 valence electrons. The summed E-state index contributed by atoms with van der Waals surface area (Å²) in [5.74, 6) is 1.72. The topological polar surface area (TPSA) is 71.8 Å². The molecule has 2 heterocycles. The molecule has 1 N–H and O–H groups in total. The number of carbonyl (C=O) groups is 2. The third kappa shape index (κ3) is 3.42. The van der Waals surface area contributed by atoms with Crippen molar-refractivity contribution in [3.8, 4) is 5.75 Å². The monoisotopic (exact) mass is 328 g/mol. The lowest BCUT2D eigenvalue weighted by atomic mass is 10.2. The first-order valence-corrected chi connectivity index (χ1v) is 7.92. The van der Waals surface area contributed by atoms with Gasteiger partial charge in [0.25, 0.3) is 0 Å². The van der Waals surface area contributed by atoms with Crippen molar-refractivity contribution in [2.24, 2.45) is 0 Å². The summed E-state index contributed by atoms with van der Waals surface area (Å²) in [6.07, 6.45) is 0.245. The molecule has 2 aromatic rings. The third-order valence-corrected chi connectivity index (χ3v) is 3.90. The standard InChI is InChI=1S/C18H20N2O4/c1-12-7-8-15(24-12)13(2)19-17(21)11-20-14-5-3-4-6-16(14)23-10-9-18(20)22/h3-8,13H,9-11H2,1-2H3,(H,19,21)/t13-/m0/s1. The smallest absolute Gasteiger partial charge is 0.240 e. The molecule has 6 nitrogen and oxygen atoms in total. The van der Waals surface area contributed by atoms with Gasteiger partial charge in [-0.25, -0.2) is 0 Å². The van der Waals surface area contributed by atoms with Gasteiger partial charge < -0.3 is 14.5 Å². The average molecular weight is 328 g/mol. The summed E-state index contributed by atoms with van der Waals surface area (Å²) < 4.78 is 11.1. The number of anilines is 1. The molecule has 1 atom stereocenters. The Morgan fingerprint density at radius 2 is 2.08 bits per heavy atom. The minimum atomic E-state index is -0.264. The van der Waals surface area contributed by atoms with E-state index in [9.17, 15) is 9.59 Å². The second-order valence-electron chi connectivity index (χ2n) is 5.78. The van der Waals surface area contributed by atoms with E-state index in [1.807, 2.05) is 38.1 Å². The van der Waals surface area contributed by atoms with E-state index in [4.69, 9.17) is 9.15 Å². The van der Waals surface area contributed by atoms with Crippen LogP contribution < -0.4 is 15.0 Å². The Kier molecular flexibility index (Phi) is 4.55. The molecule has 0 fully saturated rings. The SMILES string of the molecule is Cc1ccc([C@H](C)NC(=O)CN2C(=O)CCOc3ccccc32)o1. The van der Waals surface area contributed by atoms with Crippen LogP contribution in [0, 0.1) is 6.92 Å². The maximum atomic E-state index is 12.4. The van der Waals surface area contributed by atoms with Crippen LogP contribution in [0.2, 0.25) is 0 Å². The van der Waals surface area contributed by atoms with Crippen LogP contribution >= 0.6 is 0 Å². The van der Waals surface area contributed by atoms with Gasteiger partial charge in [-0.15, -0.1) is 0 Å². The first-order chi connectivity index (χ1) is 11.5. The molecule has 0 spiro atoms. The van der Waals surface area contributed by atoms with Gasteiger partial charge in [-0.3, -0.25) is 14.5 Å². The zero-order chi connectivity index (χ0) is 17.1. The predicted molar refractivity (Wildman–Crippen MR) is 88.9 cm³/mol. The largest absolute Gasteiger partial charge is 0.491 e. The van der Waals surface area contributed by atoms with E-state index in [2.05, 4.69) is 5.32 Å². The van der Waals surface area contributed by atoms with Crippen molar-refractivity contribution in [2.45, 2.75) is 26.3 Å². The number of para-hydroxylation sites is 2. The molecule has 6 heteroatoms. The number of fused-ring (bicyclic) bond motifs is 1. The van der Waals surface area contributed by atoms with Crippen molar-refractivity contribution in [3.05, 3.63) is 47.9 Å². The minimum absolute atomic E-state index is 0.0523. The zero-order valence-electron chi connectivity index (χ0n) is 13.7. The van der Waals surface area contributed by atoms with Gasteiger partial charge in [0.05, 0.1) is 24.8 Å². The average Bonchev–Trinajstić information content (AvgIpc) is 2.93. The number of furan rings is 1. The van der Waals surface area contributed by atoms with Crippen molar-refractivity contribution in [2.75, 3.05) is 18.1 Å². The zero-order valence-corrected chi connectivity index (χ0v) is 13.7. The van der Waals surface area contributed by atoms with Crippen LogP contribution in [-0.2, 0) is 9.59 Å². The van der Waals surface area contributed by atoms with E-state index in [0.29, 0.717) is 23.8 Å². The van der Waals surface area contributed by atoms with Crippen LogP contribution in [0.4, 0.5) is 5.69 Å². The molecule has 0 saturated heterocycles. The molecule has 1 aliphatic rings. The van der Waals surface area contributed by atoms with Crippen molar-refractivity contribution in [1.29, 1.82) is 0 Å². The highest BCUT2D eigenvalue weighted by Gasteiger charge is 2.25. The van der Waals surface area contributed by atoms with E-state index < -0.39 is 0 Å². The second-order valence-corrected chi connectivity index (χ2v) is 5.78. The lowest BCUT2D eigenvalue weighted by Crippen LogP contribution is -2.41. The molecule has 0 saturated carbocycles. The molecule has 0 bridgehead atoms. The maximum absolute atomic E-state index is 12.4. The van der Waals surface area contributed by atoms with Gasteiger partial charge in [-0.2, -0.15) is 0 Å². The van der Waals surface area contributed by atoms with Crippen LogP contribution in [0.3, 0.4) is 0 Å². The molecule has 0 aliphatic carbocycles. The van der Waals surface area contributed by atoms with Gasteiger partial charge in [0, 0.05) is 0 Å². The van der Waals surface area contributed by atoms with E-state index in [1.165, 1.54) is 4.90 Å². The Hall–Kier alpha value is -2.76. The molecule has 1 aromatic carbocycles. The highest BCUT2D eigenvalue weighted by Crippen LogP contribution is 2.30. The Labute approximate surface area is 140 Å². The third-order valence-electron chi connectivity index (χ3n) is 3.90. The molecule has 1 aliphatic heterocycles. The van der Waals surface area contributed by atoms with Crippen LogP contribution in [0.5, 0.6) is 5.75 Å². The summed E-state index contributed by atoms with van der Waals surface area (Å²) in [5, 5.41) is 2.86. The van der Waals surface area contributed by atoms with Crippen molar-refractivity contribution >= 4 is 17.5 Å². The first kappa shape index (κ1) is 16.1. The number of carbonyl (C=O) groups excluding carboxylic acids is 2. The summed E-state index contributed by atoms with van der Waals surface area (Å²) in [6.45, 7) is 3.96. The van der Waals surface area contributed by atoms with Crippen molar-refractivity contribution in [1.82, 2.24) is 5.32 Å². The minimum Gasteiger partial charge on any atom is -0.491 e. The maximum Gasteiger partial charge on any atom is 0.240 e. The number of hydrogen-bond acceptors (Lipinski definition) is 4. The molecule has 24 heavy (non-hydrogen) atoms. The van der Waals surface area contributed by atoms with Gasteiger partial charge >= 0.3 is 0 Å². The molecule has 3 rings (SSSR count). The van der Waals surface area contributed by atoms with Gasteiger partial charge in [0.1, 0.15) is 23.8 Å². The number of rotatable bonds is 4. The fraction of sp³-hybridized carbons (Fsp3) is 0.333. The quantitative estimate of drug-likeness (QED) is 0.936. The lowest BCUT2D eigenvalue weighted by molar-refractivity contribution is -0.124. The van der Waals surface area contributed by atoms with Gasteiger partial charge in [0.2, 0.25) is 11.8 Å². The summed E-state index contributed by atoms with van der Waals surface area (Å²) in [6, 6.07) is 10.7. The Balaban J connectivity index is 1.72. The van der Waals surface area contributed by atoms with Crippen LogP contribution in [0.1, 0.15) is 30.9 Å². The fourth-order valence-corrected chi connectivity index (χ4v) is 2.68. The van der Waals surface area contributed by atoms with Crippen LogP contribution in [0.15, 0.2) is 40.8 Å². The summed E-state index contributed by atoms with van der Waals surface area (Å²) in [5.41, 5.74) is 0.622. The highest BCUT2D eigenvalue weighted by atomic mass is 16.5. The highest BCUT2D eigenvalue weighted by molar-refractivity contribution is 6.00. The summed E-state index contributed by atoms with van der Waals surface area (Å²) in [4.78, 5) is 26.2. The number of benzene rings is 1. The van der Waals surface area contributed by atoms with E-state index in [0.717, 1.165) is 5.76 Å². The number of hydrogen-bond donors (Lipinski definition) is 1. The lowest BCUT2D eigenvalue weighted by Gasteiger charge is -2.22. The molecule has 0 unspecified atom stereocenters. The molecule has 2 amide bonds. The van der Waals surface area contributed by atoms with Crippen LogP contribution in [-0.4, -0.2) is 25.0 Å². The van der Waals surface area contributed by atoms with Gasteiger partial charge in [-0.05, 0) is 38.1 Å². The number of aryl methyl sites for hydroxylation is 1. The van der Waals surface area contributed by atoms with E-state index in [1.54, 1.807) is 12.1 Å². The number of nitrogens with zero attached hydrogens (tertiary/aromatic N) is 1. The van der Waals surface area contributed by atoms with Crippen LogP contribution in [0.25, 0.3) is 0 Å².